The number of rotatable bonds is 2. The normalized spacial score (nSPS) is 10.8. The second-order valence-corrected chi connectivity index (χ2v) is 5.34. The van der Waals surface area contributed by atoms with Crippen LogP contribution in [0.15, 0.2) is 42.5 Å². The molecule has 0 aliphatic rings. The molecule has 4 nitrogen and oxygen atoms in total. The van der Waals surface area contributed by atoms with Gasteiger partial charge in [0.15, 0.2) is 5.82 Å². The summed E-state index contributed by atoms with van der Waals surface area (Å²) in [6.45, 7) is 6.16. The SMILES string of the molecule is Cc1ccc(-c2nnn(-c3c(C)cccc3C)c2N)cc1. The molecule has 0 unspecified atom stereocenters. The Bertz CT molecular complexity index is 765. The Morgan fingerprint density at radius 1 is 0.905 bits per heavy atom. The van der Waals surface area contributed by atoms with Crippen molar-refractivity contribution < 1.29 is 0 Å². The van der Waals surface area contributed by atoms with Gasteiger partial charge in [0.05, 0.1) is 5.69 Å². The zero-order valence-electron chi connectivity index (χ0n) is 12.5. The molecule has 0 spiro atoms. The molecule has 1 aromatic heterocycles. The lowest BCUT2D eigenvalue weighted by molar-refractivity contribution is 0.801. The van der Waals surface area contributed by atoms with Crippen LogP contribution in [0.3, 0.4) is 0 Å². The summed E-state index contributed by atoms with van der Waals surface area (Å²) in [5.41, 5.74) is 12.4. The third-order valence-electron chi connectivity index (χ3n) is 3.68. The van der Waals surface area contributed by atoms with Crippen LogP contribution in [0.2, 0.25) is 0 Å². The highest BCUT2D eigenvalue weighted by atomic mass is 15.5. The fraction of sp³-hybridized carbons (Fsp3) is 0.176. The lowest BCUT2D eigenvalue weighted by Crippen LogP contribution is -2.06. The van der Waals surface area contributed by atoms with Crippen LogP contribution in [0.25, 0.3) is 16.9 Å². The van der Waals surface area contributed by atoms with Gasteiger partial charge in [-0.1, -0.05) is 53.2 Å². The van der Waals surface area contributed by atoms with Gasteiger partial charge >= 0.3 is 0 Å². The summed E-state index contributed by atoms with van der Waals surface area (Å²) in [5.74, 6) is 0.566. The van der Waals surface area contributed by atoms with Crippen LogP contribution in [-0.4, -0.2) is 15.0 Å². The average Bonchev–Trinajstić information content (AvgIpc) is 2.82. The molecule has 0 saturated carbocycles. The molecule has 2 N–H and O–H groups in total. The van der Waals surface area contributed by atoms with Crippen molar-refractivity contribution in [3.05, 3.63) is 59.2 Å². The summed E-state index contributed by atoms with van der Waals surface area (Å²) < 4.78 is 1.72. The van der Waals surface area contributed by atoms with Crippen LogP contribution in [0, 0.1) is 20.8 Å². The van der Waals surface area contributed by atoms with Gasteiger partial charge in [0, 0.05) is 5.56 Å². The molecule has 0 radical (unpaired) electrons. The number of anilines is 1. The minimum atomic E-state index is 0.566. The molecule has 0 bridgehead atoms. The molecule has 4 heteroatoms. The third kappa shape index (κ3) is 2.29. The number of nitrogens with two attached hydrogens (primary N) is 1. The maximum Gasteiger partial charge on any atom is 0.155 e. The van der Waals surface area contributed by atoms with Gasteiger partial charge in [0.2, 0.25) is 0 Å². The maximum atomic E-state index is 6.28. The van der Waals surface area contributed by atoms with Crippen molar-refractivity contribution in [2.45, 2.75) is 20.8 Å². The van der Waals surface area contributed by atoms with Gasteiger partial charge in [-0.05, 0) is 31.9 Å². The standard InChI is InChI=1S/C17H18N4/c1-11-7-9-14(10-8-11)15-17(18)21(20-19-15)16-12(2)5-4-6-13(16)3/h4-10H,18H2,1-3H3. The van der Waals surface area contributed by atoms with Crippen molar-refractivity contribution in [2.24, 2.45) is 0 Å². The van der Waals surface area contributed by atoms with E-state index in [-0.39, 0.29) is 0 Å². The smallest absolute Gasteiger partial charge is 0.155 e. The Balaban J connectivity index is 2.14. The number of aromatic nitrogens is 3. The molecule has 0 aliphatic heterocycles. The van der Waals surface area contributed by atoms with E-state index in [0.717, 1.165) is 28.1 Å². The summed E-state index contributed by atoms with van der Waals surface area (Å²) in [5, 5.41) is 8.51. The lowest BCUT2D eigenvalue weighted by atomic mass is 10.1. The lowest BCUT2D eigenvalue weighted by Gasteiger charge is -2.10. The molecular formula is C17H18N4. The van der Waals surface area contributed by atoms with E-state index < -0.39 is 0 Å². The van der Waals surface area contributed by atoms with E-state index in [1.807, 2.05) is 30.3 Å². The third-order valence-corrected chi connectivity index (χ3v) is 3.68. The van der Waals surface area contributed by atoms with E-state index in [4.69, 9.17) is 5.73 Å². The number of hydrogen-bond donors (Lipinski definition) is 1. The van der Waals surface area contributed by atoms with Gasteiger partial charge in [-0.15, -0.1) is 5.10 Å². The molecule has 0 saturated heterocycles. The molecule has 3 aromatic rings. The van der Waals surface area contributed by atoms with Crippen molar-refractivity contribution in [1.29, 1.82) is 0 Å². The number of nitrogens with zero attached hydrogens (tertiary/aromatic N) is 3. The first-order valence-corrected chi connectivity index (χ1v) is 6.92. The first-order valence-electron chi connectivity index (χ1n) is 6.92. The first-order chi connectivity index (χ1) is 10.1. The van der Waals surface area contributed by atoms with Gasteiger partial charge in [0.25, 0.3) is 0 Å². The van der Waals surface area contributed by atoms with Crippen LogP contribution < -0.4 is 5.73 Å². The van der Waals surface area contributed by atoms with Crippen molar-refractivity contribution in [3.8, 4) is 16.9 Å². The van der Waals surface area contributed by atoms with Crippen LogP contribution in [0.4, 0.5) is 5.82 Å². The molecule has 2 aromatic carbocycles. The molecule has 21 heavy (non-hydrogen) atoms. The first kappa shape index (κ1) is 13.4. The highest BCUT2D eigenvalue weighted by molar-refractivity contribution is 5.71. The number of aryl methyl sites for hydroxylation is 3. The van der Waals surface area contributed by atoms with Crippen LogP contribution in [0.1, 0.15) is 16.7 Å². The molecule has 106 valence electrons. The van der Waals surface area contributed by atoms with Crippen LogP contribution in [-0.2, 0) is 0 Å². The van der Waals surface area contributed by atoms with Gasteiger partial charge in [-0.25, -0.2) is 0 Å². The fourth-order valence-electron chi connectivity index (χ4n) is 2.51. The summed E-state index contributed by atoms with van der Waals surface area (Å²) in [4.78, 5) is 0. The number of para-hydroxylation sites is 1. The molecule has 1 heterocycles. The molecule has 0 aliphatic carbocycles. The second-order valence-electron chi connectivity index (χ2n) is 5.34. The number of hydrogen-bond acceptors (Lipinski definition) is 3. The summed E-state index contributed by atoms with van der Waals surface area (Å²) in [6.07, 6.45) is 0. The second kappa shape index (κ2) is 5.05. The Morgan fingerprint density at radius 3 is 2.14 bits per heavy atom. The van der Waals surface area contributed by atoms with Gasteiger partial charge in [-0.2, -0.15) is 4.68 Å². The molecule has 0 amide bonds. The van der Waals surface area contributed by atoms with E-state index in [1.54, 1.807) is 4.68 Å². The van der Waals surface area contributed by atoms with Crippen molar-refractivity contribution in [2.75, 3.05) is 5.73 Å². The van der Waals surface area contributed by atoms with E-state index in [2.05, 4.69) is 43.2 Å². The molecular weight excluding hydrogens is 260 g/mol. The van der Waals surface area contributed by atoms with Gasteiger partial charge in [-0.3, -0.25) is 0 Å². The predicted octanol–water partition coefficient (Wildman–Crippen LogP) is 3.44. The Hall–Kier alpha value is -2.62. The highest BCUT2D eigenvalue weighted by Gasteiger charge is 2.15. The monoisotopic (exact) mass is 278 g/mol. The summed E-state index contributed by atoms with van der Waals surface area (Å²) in [7, 11) is 0. The Labute approximate surface area is 124 Å². The number of benzene rings is 2. The fourth-order valence-corrected chi connectivity index (χ4v) is 2.51. The summed E-state index contributed by atoms with van der Waals surface area (Å²) in [6, 6.07) is 14.3. The molecule has 0 fully saturated rings. The van der Waals surface area contributed by atoms with Crippen molar-refractivity contribution >= 4 is 5.82 Å². The maximum absolute atomic E-state index is 6.28. The van der Waals surface area contributed by atoms with Crippen molar-refractivity contribution in [1.82, 2.24) is 15.0 Å². The van der Waals surface area contributed by atoms with E-state index in [1.165, 1.54) is 5.56 Å². The van der Waals surface area contributed by atoms with E-state index >= 15 is 0 Å². The molecule has 0 atom stereocenters. The van der Waals surface area contributed by atoms with Gasteiger partial charge < -0.3 is 5.73 Å². The Kier molecular flexibility index (Phi) is 3.22. The number of nitrogen functional groups attached to an aromatic ring is 1. The predicted molar refractivity (Wildman–Crippen MR) is 85.4 cm³/mol. The zero-order chi connectivity index (χ0) is 15.0. The summed E-state index contributed by atoms with van der Waals surface area (Å²) >= 11 is 0. The average molecular weight is 278 g/mol. The Morgan fingerprint density at radius 2 is 1.52 bits per heavy atom. The van der Waals surface area contributed by atoms with E-state index in [0.29, 0.717) is 5.82 Å². The van der Waals surface area contributed by atoms with E-state index in [9.17, 15) is 0 Å². The minimum absolute atomic E-state index is 0.566. The minimum Gasteiger partial charge on any atom is -0.382 e. The van der Waals surface area contributed by atoms with Crippen LogP contribution in [0.5, 0.6) is 0 Å². The van der Waals surface area contributed by atoms with Gasteiger partial charge in [0.1, 0.15) is 5.69 Å². The molecule has 3 rings (SSSR count). The topological polar surface area (TPSA) is 56.7 Å². The van der Waals surface area contributed by atoms with Crippen LogP contribution >= 0.6 is 0 Å². The zero-order valence-corrected chi connectivity index (χ0v) is 12.5. The quantitative estimate of drug-likeness (QED) is 0.781. The largest absolute Gasteiger partial charge is 0.382 e. The van der Waals surface area contributed by atoms with Crippen molar-refractivity contribution in [3.63, 3.8) is 0 Å². The highest BCUT2D eigenvalue weighted by Crippen LogP contribution is 2.27.